The summed E-state index contributed by atoms with van der Waals surface area (Å²) in [5.74, 6) is 0.188. The van der Waals surface area contributed by atoms with Crippen LogP contribution in [0.3, 0.4) is 0 Å². The average molecular weight is 246 g/mol. The topological polar surface area (TPSA) is 46.5 Å². The van der Waals surface area contributed by atoms with Crippen LogP contribution in [-0.4, -0.2) is 17.2 Å². The van der Waals surface area contributed by atoms with Crippen LogP contribution in [0.2, 0.25) is 0 Å². The average Bonchev–Trinajstić information content (AvgIpc) is 3.17. The quantitative estimate of drug-likeness (QED) is 0.868. The summed E-state index contributed by atoms with van der Waals surface area (Å²) in [6.07, 6.45) is 4.75. The van der Waals surface area contributed by atoms with E-state index in [0.29, 0.717) is 6.10 Å². The van der Waals surface area contributed by atoms with Crippen LogP contribution in [0.4, 0.5) is 0 Å². The molecule has 0 aliphatic heterocycles. The normalized spacial score (nSPS) is 20.5. The number of benzene rings is 1. The number of rotatable bonds is 5. The molecule has 0 aromatic heterocycles. The molecule has 0 atom stereocenters. The maximum Gasteiger partial charge on any atom is 0.304 e. The molecule has 3 rings (SSSR count). The van der Waals surface area contributed by atoms with Crippen molar-refractivity contribution in [1.29, 1.82) is 0 Å². The molecule has 18 heavy (non-hydrogen) atoms. The van der Waals surface area contributed by atoms with E-state index in [-0.39, 0.29) is 11.8 Å². The van der Waals surface area contributed by atoms with Crippen LogP contribution in [0.25, 0.3) is 0 Å². The van der Waals surface area contributed by atoms with Crippen molar-refractivity contribution >= 4 is 5.97 Å². The summed E-state index contributed by atoms with van der Waals surface area (Å²) in [7, 11) is 0. The van der Waals surface area contributed by atoms with Gasteiger partial charge in [-0.1, -0.05) is 17.7 Å². The van der Waals surface area contributed by atoms with Gasteiger partial charge in [-0.25, -0.2) is 0 Å². The molecule has 2 aliphatic carbocycles. The molecule has 2 saturated carbocycles. The van der Waals surface area contributed by atoms with Gasteiger partial charge in [-0.05, 0) is 38.7 Å². The molecule has 3 heteroatoms. The summed E-state index contributed by atoms with van der Waals surface area (Å²) < 4.78 is 5.93. The summed E-state index contributed by atoms with van der Waals surface area (Å²) in [4.78, 5) is 11.0. The largest absolute Gasteiger partial charge is 0.490 e. The van der Waals surface area contributed by atoms with Gasteiger partial charge >= 0.3 is 5.97 Å². The van der Waals surface area contributed by atoms with Crippen molar-refractivity contribution in [2.75, 3.05) is 0 Å². The van der Waals surface area contributed by atoms with Gasteiger partial charge < -0.3 is 9.84 Å². The van der Waals surface area contributed by atoms with Gasteiger partial charge in [-0.2, -0.15) is 0 Å². The molecular formula is C15H18O3. The fourth-order valence-electron chi connectivity index (χ4n) is 2.51. The second-order valence-electron chi connectivity index (χ2n) is 5.67. The van der Waals surface area contributed by atoms with Crippen molar-refractivity contribution in [2.24, 2.45) is 0 Å². The summed E-state index contributed by atoms with van der Waals surface area (Å²) in [6, 6.07) is 6.15. The van der Waals surface area contributed by atoms with Gasteiger partial charge in [0.15, 0.2) is 0 Å². The molecule has 2 fully saturated rings. The number of carbonyl (C=O) groups is 1. The highest BCUT2D eigenvalue weighted by Crippen LogP contribution is 2.54. The van der Waals surface area contributed by atoms with E-state index in [4.69, 9.17) is 9.84 Å². The van der Waals surface area contributed by atoms with Gasteiger partial charge in [0.1, 0.15) is 5.75 Å². The Morgan fingerprint density at radius 3 is 2.72 bits per heavy atom. The number of hydrogen-bond acceptors (Lipinski definition) is 2. The third-order valence-electron chi connectivity index (χ3n) is 3.87. The van der Waals surface area contributed by atoms with Gasteiger partial charge in [0.25, 0.3) is 0 Å². The Hall–Kier alpha value is -1.51. The first-order valence-electron chi connectivity index (χ1n) is 6.59. The van der Waals surface area contributed by atoms with E-state index >= 15 is 0 Å². The minimum Gasteiger partial charge on any atom is -0.490 e. The first kappa shape index (κ1) is 11.6. The van der Waals surface area contributed by atoms with Crippen LogP contribution >= 0.6 is 0 Å². The Morgan fingerprint density at radius 1 is 1.44 bits per heavy atom. The second-order valence-corrected chi connectivity index (χ2v) is 5.67. The van der Waals surface area contributed by atoms with E-state index in [2.05, 4.69) is 6.07 Å². The molecule has 3 nitrogen and oxygen atoms in total. The van der Waals surface area contributed by atoms with Crippen LogP contribution in [0.15, 0.2) is 18.2 Å². The second kappa shape index (κ2) is 4.01. The first-order valence-corrected chi connectivity index (χ1v) is 6.59. The van der Waals surface area contributed by atoms with Crippen LogP contribution in [0.5, 0.6) is 5.75 Å². The lowest BCUT2D eigenvalue weighted by molar-refractivity contribution is -0.137. The number of aryl methyl sites for hydroxylation is 1. The van der Waals surface area contributed by atoms with Gasteiger partial charge in [-0.3, -0.25) is 4.79 Å². The molecule has 1 aromatic carbocycles. The fraction of sp³-hybridized carbons (Fsp3) is 0.533. The van der Waals surface area contributed by atoms with Crippen LogP contribution in [0, 0.1) is 6.92 Å². The maximum atomic E-state index is 11.0. The molecule has 96 valence electrons. The number of aliphatic carboxylic acids is 1. The molecule has 0 saturated heterocycles. The molecule has 0 unspecified atom stereocenters. The van der Waals surface area contributed by atoms with Gasteiger partial charge in [0.2, 0.25) is 0 Å². The first-order chi connectivity index (χ1) is 8.59. The Bertz CT molecular complexity index is 485. The molecule has 0 amide bonds. The van der Waals surface area contributed by atoms with E-state index in [1.807, 2.05) is 19.1 Å². The highest BCUT2D eigenvalue weighted by atomic mass is 16.5. The molecular weight excluding hydrogens is 228 g/mol. The SMILES string of the molecule is Cc1ccc(OC2CC2)c(C2(CC(=O)O)CC2)c1. The zero-order valence-corrected chi connectivity index (χ0v) is 10.6. The summed E-state index contributed by atoms with van der Waals surface area (Å²) in [6.45, 7) is 2.04. The number of carboxylic acid groups (broad SMARTS) is 1. The lowest BCUT2D eigenvalue weighted by atomic mass is 9.90. The zero-order valence-electron chi connectivity index (χ0n) is 10.6. The van der Waals surface area contributed by atoms with E-state index in [9.17, 15) is 4.79 Å². The van der Waals surface area contributed by atoms with Crippen molar-refractivity contribution in [3.8, 4) is 5.75 Å². The van der Waals surface area contributed by atoms with Crippen LogP contribution in [0.1, 0.15) is 43.2 Å². The minimum atomic E-state index is -0.716. The third kappa shape index (κ3) is 2.22. The Morgan fingerprint density at radius 2 is 2.17 bits per heavy atom. The van der Waals surface area contributed by atoms with E-state index < -0.39 is 5.97 Å². The van der Waals surface area contributed by atoms with Crippen molar-refractivity contribution in [2.45, 2.75) is 50.5 Å². The lowest BCUT2D eigenvalue weighted by Gasteiger charge is -2.19. The van der Waals surface area contributed by atoms with Crippen LogP contribution < -0.4 is 4.74 Å². The van der Waals surface area contributed by atoms with E-state index in [1.54, 1.807) is 0 Å². The monoisotopic (exact) mass is 246 g/mol. The smallest absolute Gasteiger partial charge is 0.304 e. The Balaban J connectivity index is 1.93. The molecule has 0 bridgehead atoms. The molecule has 1 N–H and O–H groups in total. The Labute approximate surface area is 107 Å². The zero-order chi connectivity index (χ0) is 12.8. The van der Waals surface area contributed by atoms with Gasteiger partial charge in [0.05, 0.1) is 12.5 Å². The predicted molar refractivity (Wildman–Crippen MR) is 68.0 cm³/mol. The standard InChI is InChI=1S/C15H18O3/c1-10-2-5-13(18-11-3-4-11)12(8-10)15(6-7-15)9-14(16)17/h2,5,8,11H,3-4,6-7,9H2,1H3,(H,16,17). The molecule has 0 spiro atoms. The highest BCUT2D eigenvalue weighted by Gasteiger charge is 2.48. The van der Waals surface area contributed by atoms with Crippen molar-refractivity contribution in [3.63, 3.8) is 0 Å². The van der Waals surface area contributed by atoms with Crippen molar-refractivity contribution < 1.29 is 14.6 Å². The number of ether oxygens (including phenoxy) is 1. The molecule has 0 heterocycles. The highest BCUT2D eigenvalue weighted by molar-refractivity contribution is 5.70. The molecule has 2 aliphatic rings. The summed E-state index contributed by atoms with van der Waals surface area (Å²) in [5, 5.41) is 9.06. The third-order valence-corrected chi connectivity index (χ3v) is 3.87. The minimum absolute atomic E-state index is 0.165. The number of hydrogen-bond donors (Lipinski definition) is 1. The van der Waals surface area contributed by atoms with Crippen molar-refractivity contribution in [1.82, 2.24) is 0 Å². The van der Waals surface area contributed by atoms with Crippen LogP contribution in [-0.2, 0) is 10.2 Å². The number of carboxylic acids is 1. The van der Waals surface area contributed by atoms with Gasteiger partial charge in [0, 0.05) is 11.0 Å². The maximum absolute atomic E-state index is 11.0. The van der Waals surface area contributed by atoms with Crippen molar-refractivity contribution in [3.05, 3.63) is 29.3 Å². The molecule has 0 radical (unpaired) electrons. The van der Waals surface area contributed by atoms with E-state index in [0.717, 1.165) is 37.0 Å². The van der Waals surface area contributed by atoms with E-state index in [1.165, 1.54) is 5.56 Å². The van der Waals surface area contributed by atoms with Gasteiger partial charge in [-0.15, -0.1) is 0 Å². The summed E-state index contributed by atoms with van der Waals surface area (Å²) in [5.41, 5.74) is 2.11. The fourth-order valence-corrected chi connectivity index (χ4v) is 2.51. The lowest BCUT2D eigenvalue weighted by Crippen LogP contribution is -2.15. The Kier molecular flexibility index (Phi) is 2.58. The molecule has 1 aromatic rings. The summed E-state index contributed by atoms with van der Waals surface area (Å²) >= 11 is 0. The predicted octanol–water partition coefficient (Wildman–Crippen LogP) is 3.04.